The van der Waals surface area contributed by atoms with Gasteiger partial charge in [0.1, 0.15) is 29.7 Å². The number of rotatable bonds is 10. The summed E-state index contributed by atoms with van der Waals surface area (Å²) in [5, 5.41) is 13.3. The summed E-state index contributed by atoms with van der Waals surface area (Å²) in [5.41, 5.74) is 0.313. The minimum atomic E-state index is -0.994. The Labute approximate surface area is 223 Å². The van der Waals surface area contributed by atoms with Gasteiger partial charge in [0.05, 0.1) is 23.8 Å². The van der Waals surface area contributed by atoms with Crippen LogP contribution in [0.1, 0.15) is 17.5 Å². The summed E-state index contributed by atoms with van der Waals surface area (Å²) in [6.07, 6.45) is 1.02. The van der Waals surface area contributed by atoms with Crippen LogP contribution in [0.2, 0.25) is 5.02 Å². The highest BCUT2D eigenvalue weighted by Crippen LogP contribution is 2.40. The van der Waals surface area contributed by atoms with E-state index in [-0.39, 0.29) is 42.2 Å². The van der Waals surface area contributed by atoms with Crippen LogP contribution in [0.4, 0.5) is 14.6 Å². The van der Waals surface area contributed by atoms with E-state index in [2.05, 4.69) is 26.8 Å². The number of aliphatic hydroxyl groups is 1. The van der Waals surface area contributed by atoms with Gasteiger partial charge in [-0.05, 0) is 57.2 Å². The Morgan fingerprint density at radius 1 is 1.29 bits per heavy atom. The van der Waals surface area contributed by atoms with Crippen LogP contribution in [0.3, 0.4) is 0 Å². The molecule has 0 aliphatic carbocycles. The summed E-state index contributed by atoms with van der Waals surface area (Å²) in [4.78, 5) is 13.8. The Kier molecular flexibility index (Phi) is 7.56. The van der Waals surface area contributed by atoms with E-state index in [4.69, 9.17) is 25.8 Å². The van der Waals surface area contributed by atoms with E-state index in [0.717, 1.165) is 13.0 Å². The van der Waals surface area contributed by atoms with Gasteiger partial charge in [-0.15, -0.1) is 0 Å². The third-order valence-electron chi connectivity index (χ3n) is 6.91. The summed E-state index contributed by atoms with van der Waals surface area (Å²) >= 11 is 6.38. The number of aliphatic hydroxyl groups excluding tert-OH is 1. The van der Waals surface area contributed by atoms with E-state index in [1.165, 1.54) is 12.1 Å². The molecule has 0 amide bonds. The maximum Gasteiger partial charge on any atom is 0.296 e. The lowest BCUT2D eigenvalue weighted by Crippen LogP contribution is -2.47. The highest BCUT2D eigenvalue weighted by Gasteiger charge is 2.59. The number of aromatic nitrogens is 3. The number of ether oxygens (including phenoxy) is 3. The SMILES string of the molecule is C=C[C@]12OC[C@@H](O)C1OC[C@H]2Oc1nc2nc(NCc3c(F)cc(CCCN(C)C)cc3F)c(Cl)cc2[nH]1. The van der Waals surface area contributed by atoms with Crippen molar-refractivity contribution in [1.82, 2.24) is 19.9 Å². The topological polar surface area (TPSA) is 105 Å². The number of fused-ring (bicyclic) bond motifs is 2. The minimum Gasteiger partial charge on any atom is -0.455 e. The van der Waals surface area contributed by atoms with Crippen LogP contribution in [-0.4, -0.2) is 82.7 Å². The van der Waals surface area contributed by atoms with Gasteiger partial charge in [-0.25, -0.2) is 13.8 Å². The second-order valence-electron chi connectivity index (χ2n) is 9.83. The first kappa shape index (κ1) is 26.8. The van der Waals surface area contributed by atoms with Crippen molar-refractivity contribution in [2.75, 3.05) is 39.2 Å². The van der Waals surface area contributed by atoms with Crippen LogP contribution in [0.5, 0.6) is 6.01 Å². The molecule has 0 bridgehead atoms. The smallest absolute Gasteiger partial charge is 0.296 e. The molecule has 0 spiro atoms. The highest BCUT2D eigenvalue weighted by molar-refractivity contribution is 6.33. The molecule has 2 aliphatic heterocycles. The van der Waals surface area contributed by atoms with Crippen LogP contribution in [-0.2, 0) is 22.4 Å². The summed E-state index contributed by atoms with van der Waals surface area (Å²) in [5.74, 6) is -1.03. The molecule has 4 heterocycles. The fraction of sp³-hybridized carbons (Fsp3) is 0.462. The van der Waals surface area contributed by atoms with Crippen LogP contribution in [0.15, 0.2) is 30.9 Å². The molecular weight excluding hydrogens is 520 g/mol. The first-order valence-corrected chi connectivity index (χ1v) is 12.7. The largest absolute Gasteiger partial charge is 0.455 e. The normalized spacial score (nSPS) is 24.8. The molecule has 1 unspecified atom stereocenters. The summed E-state index contributed by atoms with van der Waals surface area (Å²) in [7, 11) is 3.91. The van der Waals surface area contributed by atoms with Gasteiger partial charge < -0.3 is 34.5 Å². The third-order valence-corrected chi connectivity index (χ3v) is 7.20. The first-order chi connectivity index (χ1) is 18.2. The predicted molar refractivity (Wildman–Crippen MR) is 139 cm³/mol. The maximum absolute atomic E-state index is 14.7. The minimum absolute atomic E-state index is 0.102. The Morgan fingerprint density at radius 2 is 2.05 bits per heavy atom. The van der Waals surface area contributed by atoms with Crippen molar-refractivity contribution >= 4 is 28.6 Å². The molecule has 2 aromatic heterocycles. The standard InChI is InChI=1S/C26H30ClF2N5O4/c1-4-26-21(13-36-22(26)20(35)12-37-26)38-25-31-19-10-16(27)23(32-24(19)33-25)30-11-15-17(28)8-14(9-18(15)29)6-5-7-34(2)3/h4,8-10,20-22,35H,1,5-7,11-13H2,2-3H3,(H2,30,31,32,33)/t20-,21-,22?,26-/m1/s1. The van der Waals surface area contributed by atoms with Crippen LogP contribution in [0, 0.1) is 11.6 Å². The molecular formula is C26H30ClF2N5O4. The molecule has 5 rings (SSSR count). The molecule has 2 aliphatic rings. The molecule has 12 heteroatoms. The maximum atomic E-state index is 14.7. The molecule has 3 aromatic rings. The van der Waals surface area contributed by atoms with Crippen LogP contribution >= 0.6 is 11.6 Å². The number of pyridine rings is 1. The lowest BCUT2D eigenvalue weighted by molar-refractivity contribution is -0.0324. The monoisotopic (exact) mass is 549 g/mol. The van der Waals surface area contributed by atoms with Crippen molar-refractivity contribution < 1.29 is 28.1 Å². The van der Waals surface area contributed by atoms with Crippen molar-refractivity contribution in [3.05, 3.63) is 58.6 Å². The molecule has 3 N–H and O–H groups in total. The van der Waals surface area contributed by atoms with Gasteiger partial charge in [0.15, 0.2) is 17.4 Å². The number of benzene rings is 1. The number of nitrogens with zero attached hydrogens (tertiary/aromatic N) is 3. The number of H-pyrrole nitrogens is 1. The number of aryl methyl sites for hydroxylation is 1. The molecule has 38 heavy (non-hydrogen) atoms. The van der Waals surface area contributed by atoms with Gasteiger partial charge in [-0.3, -0.25) is 0 Å². The lowest BCUT2D eigenvalue weighted by Gasteiger charge is -2.28. The number of hydrogen-bond donors (Lipinski definition) is 3. The first-order valence-electron chi connectivity index (χ1n) is 12.4. The molecule has 1 aromatic carbocycles. The van der Waals surface area contributed by atoms with E-state index in [1.54, 1.807) is 12.1 Å². The zero-order valence-electron chi connectivity index (χ0n) is 21.1. The van der Waals surface area contributed by atoms with Crippen molar-refractivity contribution in [3.8, 4) is 6.01 Å². The van der Waals surface area contributed by atoms with Gasteiger partial charge in [-0.1, -0.05) is 24.3 Å². The van der Waals surface area contributed by atoms with E-state index in [0.29, 0.717) is 23.1 Å². The zero-order valence-corrected chi connectivity index (χ0v) is 21.9. The summed E-state index contributed by atoms with van der Waals surface area (Å²) in [6.45, 7) is 4.81. The third kappa shape index (κ3) is 5.08. The molecule has 0 radical (unpaired) electrons. The van der Waals surface area contributed by atoms with E-state index in [9.17, 15) is 13.9 Å². The van der Waals surface area contributed by atoms with Crippen LogP contribution < -0.4 is 10.1 Å². The van der Waals surface area contributed by atoms with Gasteiger partial charge in [0, 0.05) is 12.1 Å². The number of hydrogen-bond acceptors (Lipinski definition) is 8. The highest BCUT2D eigenvalue weighted by atomic mass is 35.5. The average Bonchev–Trinajstić information content (AvgIpc) is 3.52. The van der Waals surface area contributed by atoms with Crippen molar-refractivity contribution in [1.29, 1.82) is 0 Å². The summed E-state index contributed by atoms with van der Waals surface area (Å²) < 4.78 is 46.9. The van der Waals surface area contributed by atoms with Gasteiger partial charge >= 0.3 is 0 Å². The van der Waals surface area contributed by atoms with Crippen molar-refractivity contribution in [2.24, 2.45) is 0 Å². The number of nitrogens with one attached hydrogen (secondary N) is 2. The fourth-order valence-corrected chi connectivity index (χ4v) is 5.14. The summed E-state index contributed by atoms with van der Waals surface area (Å²) in [6, 6.07) is 4.49. The second-order valence-corrected chi connectivity index (χ2v) is 10.2. The number of anilines is 1. The Hall–Kier alpha value is -2.83. The molecule has 9 nitrogen and oxygen atoms in total. The Balaban J connectivity index is 1.28. The van der Waals surface area contributed by atoms with Gasteiger partial charge in [0.2, 0.25) is 0 Å². The Bertz CT molecular complexity index is 1320. The predicted octanol–water partition coefficient (Wildman–Crippen LogP) is 3.46. The average molecular weight is 550 g/mol. The molecule has 0 saturated carbocycles. The number of imidazole rings is 1. The van der Waals surface area contributed by atoms with Gasteiger partial charge in [-0.2, -0.15) is 4.98 Å². The van der Waals surface area contributed by atoms with Crippen molar-refractivity contribution in [2.45, 2.75) is 43.3 Å². The molecule has 2 saturated heterocycles. The second kappa shape index (κ2) is 10.7. The quantitative estimate of drug-likeness (QED) is 0.330. The number of aromatic amines is 1. The van der Waals surface area contributed by atoms with Gasteiger partial charge in [0.25, 0.3) is 6.01 Å². The number of halogens is 3. The zero-order chi connectivity index (χ0) is 27.0. The Morgan fingerprint density at radius 3 is 2.76 bits per heavy atom. The molecule has 204 valence electrons. The van der Waals surface area contributed by atoms with E-state index < -0.39 is 35.5 Å². The van der Waals surface area contributed by atoms with E-state index >= 15 is 0 Å². The van der Waals surface area contributed by atoms with E-state index in [1.807, 2.05) is 19.0 Å². The van der Waals surface area contributed by atoms with Crippen molar-refractivity contribution in [3.63, 3.8) is 0 Å². The molecule has 4 atom stereocenters. The van der Waals surface area contributed by atoms with Crippen LogP contribution in [0.25, 0.3) is 11.2 Å². The lowest BCUT2D eigenvalue weighted by atomic mass is 9.92. The fourth-order valence-electron chi connectivity index (χ4n) is 4.92. The molecule has 2 fully saturated rings.